The summed E-state index contributed by atoms with van der Waals surface area (Å²) in [4.78, 5) is 5.15. The molecule has 314 valence electrons. The van der Waals surface area contributed by atoms with Crippen molar-refractivity contribution in [1.82, 2.24) is 0 Å². The summed E-state index contributed by atoms with van der Waals surface area (Å²) < 4.78 is 0. The Morgan fingerprint density at radius 3 is 1.16 bits per heavy atom. The normalized spacial score (nSPS) is 11.8. The molecule has 0 bridgehead atoms. The summed E-state index contributed by atoms with van der Waals surface area (Å²) in [6.45, 7) is 20.4. The molecule has 0 spiro atoms. The van der Waals surface area contributed by atoms with Crippen molar-refractivity contribution in [2.75, 3.05) is 9.80 Å². The highest BCUT2D eigenvalue weighted by molar-refractivity contribution is 6.29. The molecule has 10 rings (SSSR count). The van der Waals surface area contributed by atoms with Crippen LogP contribution in [0.3, 0.4) is 0 Å². The Morgan fingerprint density at radius 1 is 0.359 bits per heavy atom. The Bertz CT molecular complexity index is 3120. The lowest BCUT2D eigenvalue weighted by molar-refractivity contribution is 0.591. The van der Waals surface area contributed by atoms with E-state index in [1.807, 2.05) is 0 Å². The molecular formula is C62H56N2. The van der Waals surface area contributed by atoms with Crippen LogP contribution in [0.5, 0.6) is 0 Å². The zero-order valence-corrected chi connectivity index (χ0v) is 38.6. The highest BCUT2D eigenvalue weighted by atomic mass is 15.2. The SMILES string of the molecule is Cc1cc(C)cc(N(c2c(C)cccc2-c2ccccc2)c2cc(N(c3cc(C)cc(C)c3)c3c(C)cccc3-c3ccccc3)c3ccc4cc(C(C)(C)C)cc5ccc2c3c54)c1. The van der Waals surface area contributed by atoms with Crippen LogP contribution < -0.4 is 9.80 Å². The van der Waals surface area contributed by atoms with Gasteiger partial charge in [-0.05, 0) is 144 Å². The van der Waals surface area contributed by atoms with Gasteiger partial charge >= 0.3 is 0 Å². The van der Waals surface area contributed by atoms with Crippen LogP contribution in [-0.2, 0) is 5.41 Å². The van der Waals surface area contributed by atoms with E-state index in [1.165, 1.54) is 105 Å². The van der Waals surface area contributed by atoms with E-state index in [0.29, 0.717) is 0 Å². The van der Waals surface area contributed by atoms with Crippen LogP contribution in [0.2, 0.25) is 0 Å². The van der Waals surface area contributed by atoms with Crippen molar-refractivity contribution >= 4 is 66.4 Å². The van der Waals surface area contributed by atoms with Crippen molar-refractivity contribution in [3.05, 3.63) is 215 Å². The van der Waals surface area contributed by atoms with Crippen molar-refractivity contribution in [2.45, 2.75) is 67.7 Å². The van der Waals surface area contributed by atoms with Gasteiger partial charge in [0, 0.05) is 38.7 Å². The van der Waals surface area contributed by atoms with Crippen LogP contribution in [0.1, 0.15) is 59.7 Å². The van der Waals surface area contributed by atoms with E-state index in [1.54, 1.807) is 0 Å². The molecular weight excluding hydrogens is 773 g/mol. The molecule has 64 heavy (non-hydrogen) atoms. The van der Waals surface area contributed by atoms with E-state index in [9.17, 15) is 0 Å². The number of hydrogen-bond donors (Lipinski definition) is 0. The molecule has 0 atom stereocenters. The smallest absolute Gasteiger partial charge is 0.0569 e. The third-order valence-corrected chi connectivity index (χ3v) is 13.0. The highest BCUT2D eigenvalue weighted by Crippen LogP contribution is 2.54. The lowest BCUT2D eigenvalue weighted by atomic mass is 9.83. The molecule has 0 heterocycles. The summed E-state index contributed by atoms with van der Waals surface area (Å²) in [6.07, 6.45) is 0. The first-order chi connectivity index (χ1) is 30.8. The zero-order valence-electron chi connectivity index (χ0n) is 38.6. The van der Waals surface area contributed by atoms with E-state index < -0.39 is 0 Å². The van der Waals surface area contributed by atoms with Crippen LogP contribution in [0, 0.1) is 41.5 Å². The van der Waals surface area contributed by atoms with Crippen LogP contribution in [-0.4, -0.2) is 0 Å². The molecule has 0 saturated carbocycles. The van der Waals surface area contributed by atoms with Gasteiger partial charge in [0.15, 0.2) is 0 Å². The fraction of sp³-hybridized carbons (Fsp3) is 0.161. The predicted molar refractivity (Wildman–Crippen MR) is 278 cm³/mol. The third-order valence-electron chi connectivity index (χ3n) is 13.0. The number of anilines is 6. The maximum Gasteiger partial charge on any atom is 0.0569 e. The van der Waals surface area contributed by atoms with Crippen molar-refractivity contribution in [1.29, 1.82) is 0 Å². The molecule has 0 unspecified atom stereocenters. The molecule has 0 radical (unpaired) electrons. The van der Waals surface area contributed by atoms with Gasteiger partial charge < -0.3 is 9.80 Å². The fourth-order valence-corrected chi connectivity index (χ4v) is 10.2. The highest BCUT2D eigenvalue weighted by Gasteiger charge is 2.29. The summed E-state index contributed by atoms with van der Waals surface area (Å²) >= 11 is 0. The summed E-state index contributed by atoms with van der Waals surface area (Å²) in [6, 6.07) is 66.2. The Morgan fingerprint density at radius 2 is 0.766 bits per heavy atom. The maximum absolute atomic E-state index is 2.57. The van der Waals surface area contributed by atoms with Crippen molar-refractivity contribution in [3.63, 3.8) is 0 Å². The molecule has 10 aromatic rings. The van der Waals surface area contributed by atoms with Crippen molar-refractivity contribution in [3.8, 4) is 22.3 Å². The molecule has 0 aliphatic rings. The van der Waals surface area contributed by atoms with E-state index in [2.05, 4.69) is 248 Å². The van der Waals surface area contributed by atoms with Gasteiger partial charge in [0.05, 0.1) is 22.7 Å². The fourth-order valence-electron chi connectivity index (χ4n) is 10.2. The van der Waals surface area contributed by atoms with Crippen molar-refractivity contribution < 1.29 is 0 Å². The number of aryl methyl sites for hydroxylation is 6. The second kappa shape index (κ2) is 15.9. The average molecular weight is 829 g/mol. The van der Waals surface area contributed by atoms with Crippen LogP contribution in [0.25, 0.3) is 54.6 Å². The maximum atomic E-state index is 2.57. The molecule has 0 aliphatic carbocycles. The first kappa shape index (κ1) is 40.9. The number of nitrogens with zero attached hydrogens (tertiary/aromatic N) is 2. The molecule has 0 saturated heterocycles. The van der Waals surface area contributed by atoms with Gasteiger partial charge in [0.25, 0.3) is 0 Å². The first-order valence-electron chi connectivity index (χ1n) is 22.7. The number of para-hydroxylation sites is 2. The molecule has 0 aliphatic heterocycles. The number of benzene rings is 10. The second-order valence-corrected chi connectivity index (χ2v) is 19.1. The number of rotatable bonds is 8. The summed E-state index contributed by atoms with van der Waals surface area (Å²) in [5, 5.41) is 7.54. The largest absolute Gasteiger partial charge is 0.309 e. The Hall–Kier alpha value is -7.16. The third kappa shape index (κ3) is 7.18. The minimum atomic E-state index is -0.00220. The molecule has 0 fully saturated rings. The van der Waals surface area contributed by atoms with Gasteiger partial charge in [-0.2, -0.15) is 0 Å². The lowest BCUT2D eigenvalue weighted by Gasteiger charge is -2.35. The van der Waals surface area contributed by atoms with Crippen LogP contribution >= 0.6 is 0 Å². The Kier molecular flexibility index (Phi) is 10.1. The second-order valence-electron chi connectivity index (χ2n) is 19.1. The predicted octanol–water partition coefficient (Wildman–Crippen LogP) is 18.0. The first-order valence-corrected chi connectivity index (χ1v) is 22.7. The van der Waals surface area contributed by atoms with E-state index >= 15 is 0 Å². The lowest BCUT2D eigenvalue weighted by Crippen LogP contribution is -2.17. The van der Waals surface area contributed by atoms with Gasteiger partial charge in [-0.1, -0.05) is 166 Å². The quantitative estimate of drug-likeness (QED) is 0.141. The van der Waals surface area contributed by atoms with Crippen LogP contribution in [0.4, 0.5) is 34.1 Å². The van der Waals surface area contributed by atoms with Gasteiger partial charge in [0.2, 0.25) is 0 Å². The molecule has 0 N–H and O–H groups in total. The van der Waals surface area contributed by atoms with E-state index in [4.69, 9.17) is 0 Å². The summed E-state index contributed by atoms with van der Waals surface area (Å²) in [7, 11) is 0. The van der Waals surface area contributed by atoms with Gasteiger partial charge in [-0.15, -0.1) is 0 Å². The van der Waals surface area contributed by atoms with Crippen LogP contribution in [0.15, 0.2) is 176 Å². The Labute approximate surface area is 379 Å². The van der Waals surface area contributed by atoms with Gasteiger partial charge in [-0.3, -0.25) is 0 Å². The average Bonchev–Trinajstić information content (AvgIpc) is 3.27. The molecule has 0 aromatic heterocycles. The van der Waals surface area contributed by atoms with Gasteiger partial charge in [0.1, 0.15) is 0 Å². The summed E-state index contributed by atoms with van der Waals surface area (Å²) in [5.41, 5.74) is 20.3. The molecule has 0 amide bonds. The monoisotopic (exact) mass is 828 g/mol. The molecule has 2 heteroatoms. The molecule has 10 aromatic carbocycles. The minimum Gasteiger partial charge on any atom is -0.309 e. The minimum absolute atomic E-state index is 0.00220. The van der Waals surface area contributed by atoms with E-state index in [0.717, 1.165) is 22.7 Å². The standard InChI is InChI=1S/C62H56N2/c1-39-30-40(2)33-50(32-39)63(60-43(5)18-16-24-52(60)45-20-12-10-13-21-45)56-38-57(55-29-27-48-37-49(62(7,8)9)36-47-26-28-54(56)59(55)58(47)48)64(51-34-41(3)31-42(4)35-51)61-44(6)19-17-25-53(61)46-22-14-11-15-23-46/h10-38H,1-9H3. The summed E-state index contributed by atoms with van der Waals surface area (Å²) in [5.74, 6) is 0. The number of hydrogen-bond acceptors (Lipinski definition) is 2. The molecule has 2 nitrogen and oxygen atoms in total. The zero-order chi connectivity index (χ0) is 44.4. The van der Waals surface area contributed by atoms with Crippen molar-refractivity contribution in [2.24, 2.45) is 0 Å². The van der Waals surface area contributed by atoms with Gasteiger partial charge in [-0.25, -0.2) is 0 Å². The van der Waals surface area contributed by atoms with E-state index in [-0.39, 0.29) is 5.41 Å². The Balaban J connectivity index is 1.42. The topological polar surface area (TPSA) is 6.48 Å².